The van der Waals surface area contributed by atoms with Crippen molar-refractivity contribution in [2.75, 3.05) is 26.4 Å². The smallest absolute Gasteiger partial charge is 0.311 e. The molecule has 1 aliphatic heterocycles. The molecule has 1 aromatic carbocycles. The zero-order valence-corrected chi connectivity index (χ0v) is 14.2. The Balaban J connectivity index is 1.93. The number of ether oxygens (including phenoxy) is 2. The molecule has 24 heavy (non-hydrogen) atoms. The average Bonchev–Trinajstić information content (AvgIpc) is 2.59. The Labute approximate surface area is 142 Å². The first-order valence-electron chi connectivity index (χ1n) is 8.25. The van der Waals surface area contributed by atoms with Crippen LogP contribution in [-0.2, 0) is 9.53 Å². The second-order valence-electron chi connectivity index (χ2n) is 6.61. The van der Waals surface area contributed by atoms with Crippen LogP contribution in [0.15, 0.2) is 24.3 Å². The summed E-state index contributed by atoms with van der Waals surface area (Å²) >= 11 is 0. The molecule has 6 nitrogen and oxygen atoms in total. The molecule has 6 heteroatoms. The fraction of sp³-hybridized carbons (Fsp3) is 0.556. The van der Waals surface area contributed by atoms with Gasteiger partial charge in [0.15, 0.2) is 0 Å². The topological polar surface area (TPSA) is 84.9 Å². The number of carbonyl (C=O) groups excluding carboxylic acids is 1. The van der Waals surface area contributed by atoms with Crippen molar-refractivity contribution in [2.45, 2.75) is 26.7 Å². The summed E-state index contributed by atoms with van der Waals surface area (Å²) in [4.78, 5) is 23.8. The predicted octanol–water partition coefficient (Wildman–Crippen LogP) is 2.33. The van der Waals surface area contributed by atoms with Gasteiger partial charge in [-0.1, -0.05) is 13.8 Å². The SMILES string of the molecule is CC(C)COc1ccc(C(=O)NCC2(C(=O)O)CCOCC2)cc1. The Morgan fingerprint density at radius 2 is 1.88 bits per heavy atom. The van der Waals surface area contributed by atoms with Crippen LogP contribution in [0.25, 0.3) is 0 Å². The molecule has 1 heterocycles. The van der Waals surface area contributed by atoms with Gasteiger partial charge in [-0.2, -0.15) is 0 Å². The number of rotatable bonds is 7. The van der Waals surface area contributed by atoms with Gasteiger partial charge in [-0.3, -0.25) is 9.59 Å². The molecule has 0 atom stereocenters. The lowest BCUT2D eigenvalue weighted by atomic mass is 9.80. The van der Waals surface area contributed by atoms with Crippen LogP contribution in [0.3, 0.4) is 0 Å². The van der Waals surface area contributed by atoms with Crippen LogP contribution < -0.4 is 10.1 Å². The number of carboxylic acid groups (broad SMARTS) is 1. The monoisotopic (exact) mass is 335 g/mol. The van der Waals surface area contributed by atoms with Crippen molar-refractivity contribution in [1.29, 1.82) is 0 Å². The summed E-state index contributed by atoms with van der Waals surface area (Å²) in [5.74, 6) is -0.0209. The van der Waals surface area contributed by atoms with Gasteiger partial charge in [0.2, 0.25) is 0 Å². The number of hydrogen-bond donors (Lipinski definition) is 2. The second-order valence-corrected chi connectivity index (χ2v) is 6.61. The van der Waals surface area contributed by atoms with Gasteiger partial charge in [0.05, 0.1) is 12.0 Å². The summed E-state index contributed by atoms with van der Waals surface area (Å²) in [6.07, 6.45) is 0.815. The molecular formula is C18H25NO5. The molecule has 0 aliphatic carbocycles. The first-order valence-corrected chi connectivity index (χ1v) is 8.25. The Hall–Kier alpha value is -2.08. The summed E-state index contributed by atoms with van der Waals surface area (Å²) in [7, 11) is 0. The van der Waals surface area contributed by atoms with E-state index in [0.717, 1.165) is 0 Å². The first-order chi connectivity index (χ1) is 11.4. The van der Waals surface area contributed by atoms with E-state index in [9.17, 15) is 14.7 Å². The molecule has 0 unspecified atom stereocenters. The molecule has 0 spiro atoms. The van der Waals surface area contributed by atoms with Gasteiger partial charge in [0.1, 0.15) is 5.75 Å². The Morgan fingerprint density at radius 3 is 2.42 bits per heavy atom. The number of aliphatic carboxylic acids is 1. The van der Waals surface area contributed by atoms with Crippen LogP contribution in [0.2, 0.25) is 0 Å². The van der Waals surface area contributed by atoms with Crippen LogP contribution in [0.4, 0.5) is 0 Å². The third-order valence-corrected chi connectivity index (χ3v) is 4.19. The zero-order valence-electron chi connectivity index (χ0n) is 14.2. The molecule has 2 rings (SSSR count). The highest BCUT2D eigenvalue weighted by atomic mass is 16.5. The van der Waals surface area contributed by atoms with E-state index in [1.165, 1.54) is 0 Å². The van der Waals surface area contributed by atoms with Gasteiger partial charge in [0, 0.05) is 25.3 Å². The van der Waals surface area contributed by atoms with E-state index in [-0.39, 0.29) is 12.5 Å². The Bertz CT molecular complexity index is 561. The molecule has 0 saturated carbocycles. The van der Waals surface area contributed by atoms with Crippen LogP contribution in [0.1, 0.15) is 37.0 Å². The van der Waals surface area contributed by atoms with Crippen molar-refractivity contribution >= 4 is 11.9 Å². The Kier molecular flexibility index (Phi) is 6.20. The number of hydrogen-bond acceptors (Lipinski definition) is 4. The van der Waals surface area contributed by atoms with Crippen LogP contribution in [0, 0.1) is 11.3 Å². The quantitative estimate of drug-likeness (QED) is 0.799. The number of amides is 1. The van der Waals surface area contributed by atoms with Crippen LogP contribution >= 0.6 is 0 Å². The summed E-state index contributed by atoms with van der Waals surface area (Å²) in [6, 6.07) is 6.86. The molecule has 1 fully saturated rings. The molecule has 0 bridgehead atoms. The number of carboxylic acids is 1. The van der Waals surface area contributed by atoms with Crippen molar-refractivity contribution in [1.82, 2.24) is 5.32 Å². The number of benzene rings is 1. The highest BCUT2D eigenvalue weighted by molar-refractivity contribution is 5.94. The van der Waals surface area contributed by atoms with Crippen molar-refractivity contribution in [3.8, 4) is 5.75 Å². The normalized spacial score (nSPS) is 16.6. The highest BCUT2D eigenvalue weighted by Gasteiger charge is 2.40. The summed E-state index contributed by atoms with van der Waals surface area (Å²) < 4.78 is 10.8. The molecular weight excluding hydrogens is 310 g/mol. The van der Waals surface area contributed by atoms with Gasteiger partial charge in [-0.25, -0.2) is 0 Å². The number of nitrogens with one attached hydrogen (secondary N) is 1. The third-order valence-electron chi connectivity index (χ3n) is 4.19. The van der Waals surface area contributed by atoms with Gasteiger partial charge in [0.25, 0.3) is 5.91 Å². The minimum absolute atomic E-state index is 0.107. The van der Waals surface area contributed by atoms with E-state index in [0.29, 0.717) is 49.9 Å². The van der Waals surface area contributed by atoms with E-state index in [1.54, 1.807) is 24.3 Å². The average molecular weight is 335 g/mol. The van der Waals surface area contributed by atoms with Crippen molar-refractivity contribution in [2.24, 2.45) is 11.3 Å². The van der Waals surface area contributed by atoms with Crippen LogP contribution in [-0.4, -0.2) is 43.3 Å². The summed E-state index contributed by atoms with van der Waals surface area (Å²) in [5.41, 5.74) is -0.451. The van der Waals surface area contributed by atoms with Crippen molar-refractivity contribution in [3.05, 3.63) is 29.8 Å². The van der Waals surface area contributed by atoms with E-state index >= 15 is 0 Å². The fourth-order valence-electron chi connectivity index (χ4n) is 2.55. The number of carbonyl (C=O) groups is 2. The standard InChI is InChI=1S/C18H25NO5/c1-13(2)11-24-15-5-3-14(4-6-15)16(20)19-12-18(17(21)22)7-9-23-10-8-18/h3-6,13H,7-12H2,1-2H3,(H,19,20)(H,21,22). The third kappa shape index (κ3) is 4.71. The van der Waals surface area contributed by atoms with Crippen molar-refractivity contribution in [3.63, 3.8) is 0 Å². The maximum Gasteiger partial charge on any atom is 0.311 e. The van der Waals surface area contributed by atoms with E-state index in [4.69, 9.17) is 9.47 Å². The van der Waals surface area contributed by atoms with Gasteiger partial charge < -0.3 is 19.9 Å². The fourth-order valence-corrected chi connectivity index (χ4v) is 2.55. The molecule has 1 saturated heterocycles. The van der Waals surface area contributed by atoms with E-state index in [1.807, 2.05) is 0 Å². The van der Waals surface area contributed by atoms with Crippen LogP contribution in [0.5, 0.6) is 5.75 Å². The Morgan fingerprint density at radius 1 is 1.25 bits per heavy atom. The maximum atomic E-state index is 12.3. The molecule has 1 aliphatic rings. The molecule has 0 aromatic heterocycles. The molecule has 132 valence electrons. The minimum Gasteiger partial charge on any atom is -0.493 e. The minimum atomic E-state index is -0.936. The molecule has 2 N–H and O–H groups in total. The van der Waals surface area contributed by atoms with Gasteiger partial charge >= 0.3 is 5.97 Å². The zero-order chi connectivity index (χ0) is 17.6. The maximum absolute atomic E-state index is 12.3. The van der Waals surface area contributed by atoms with E-state index in [2.05, 4.69) is 19.2 Å². The summed E-state index contributed by atoms with van der Waals surface area (Å²) in [5, 5.41) is 12.2. The van der Waals surface area contributed by atoms with E-state index < -0.39 is 11.4 Å². The molecule has 0 radical (unpaired) electrons. The highest BCUT2D eigenvalue weighted by Crippen LogP contribution is 2.30. The van der Waals surface area contributed by atoms with Gasteiger partial charge in [-0.05, 0) is 43.0 Å². The predicted molar refractivity (Wildman–Crippen MR) is 89.2 cm³/mol. The molecule has 1 aromatic rings. The lowest BCUT2D eigenvalue weighted by Crippen LogP contribution is -2.46. The summed E-state index contributed by atoms with van der Waals surface area (Å²) in [6.45, 7) is 5.67. The largest absolute Gasteiger partial charge is 0.493 e. The first kappa shape index (κ1) is 18.3. The second kappa shape index (κ2) is 8.15. The van der Waals surface area contributed by atoms with Crippen molar-refractivity contribution < 1.29 is 24.2 Å². The van der Waals surface area contributed by atoms with Gasteiger partial charge in [-0.15, -0.1) is 0 Å². The lowest BCUT2D eigenvalue weighted by Gasteiger charge is -2.33. The lowest BCUT2D eigenvalue weighted by molar-refractivity contribution is -0.154. The molecule has 1 amide bonds.